The van der Waals surface area contributed by atoms with Crippen molar-refractivity contribution in [3.05, 3.63) is 84.2 Å². The topological polar surface area (TPSA) is 69.5 Å². The van der Waals surface area contributed by atoms with Crippen molar-refractivity contribution >= 4 is 16.7 Å². The van der Waals surface area contributed by atoms with Crippen LogP contribution in [0.3, 0.4) is 0 Å². The Bertz CT molecular complexity index is 1240. The molecule has 0 atom stereocenters. The van der Waals surface area contributed by atoms with Crippen LogP contribution in [0.2, 0.25) is 0 Å². The van der Waals surface area contributed by atoms with Crippen molar-refractivity contribution in [2.45, 2.75) is 18.4 Å². The lowest BCUT2D eigenvalue weighted by molar-refractivity contribution is 0.0117. The van der Waals surface area contributed by atoms with Crippen LogP contribution in [-0.4, -0.2) is 33.3 Å². The number of aliphatic hydroxyl groups is 1. The molecule has 0 radical (unpaired) electrons. The molecule has 1 saturated heterocycles. The van der Waals surface area contributed by atoms with Gasteiger partial charge in [-0.1, -0.05) is 42.5 Å². The van der Waals surface area contributed by atoms with E-state index >= 15 is 0 Å². The minimum absolute atomic E-state index is 0.0898. The minimum atomic E-state index is -0.896. The lowest BCUT2D eigenvalue weighted by Crippen LogP contribution is -2.43. The molecular weight excluding hydrogens is 393 g/mol. The van der Waals surface area contributed by atoms with Crippen LogP contribution in [0.4, 0.5) is 10.2 Å². The van der Waals surface area contributed by atoms with E-state index in [1.54, 1.807) is 24.3 Å². The number of halogens is 1. The van der Waals surface area contributed by atoms with Crippen molar-refractivity contribution in [3.8, 4) is 17.1 Å². The molecular formula is C25H22FN3O2. The Morgan fingerprint density at radius 1 is 0.871 bits per heavy atom. The molecule has 0 spiro atoms. The Morgan fingerprint density at radius 2 is 1.58 bits per heavy atom. The van der Waals surface area contributed by atoms with Crippen LogP contribution in [0.1, 0.15) is 18.4 Å². The minimum Gasteiger partial charge on any atom is -0.507 e. The fourth-order valence-electron chi connectivity index (χ4n) is 4.23. The van der Waals surface area contributed by atoms with Gasteiger partial charge in [0.25, 0.3) is 0 Å². The van der Waals surface area contributed by atoms with Crippen LogP contribution in [0, 0.1) is 5.82 Å². The summed E-state index contributed by atoms with van der Waals surface area (Å²) in [5.41, 5.74) is 1.14. The molecule has 4 aromatic rings. The zero-order chi connectivity index (χ0) is 21.4. The first-order valence-corrected chi connectivity index (χ1v) is 10.3. The van der Waals surface area contributed by atoms with Crippen LogP contribution >= 0.6 is 0 Å². The highest BCUT2D eigenvalue weighted by Crippen LogP contribution is 2.37. The number of anilines is 1. The predicted molar refractivity (Wildman–Crippen MR) is 118 cm³/mol. The van der Waals surface area contributed by atoms with Crippen LogP contribution in [-0.2, 0) is 5.60 Å². The van der Waals surface area contributed by atoms with E-state index in [1.165, 1.54) is 12.1 Å². The number of rotatable bonds is 3. The van der Waals surface area contributed by atoms with E-state index < -0.39 is 5.60 Å². The van der Waals surface area contributed by atoms with Gasteiger partial charge in [0.05, 0.1) is 16.7 Å². The number of aromatic nitrogens is 2. The first kappa shape index (κ1) is 19.5. The van der Waals surface area contributed by atoms with E-state index in [1.807, 2.05) is 36.4 Å². The predicted octanol–water partition coefficient (Wildman–Crippen LogP) is 4.63. The van der Waals surface area contributed by atoms with Gasteiger partial charge in [0.2, 0.25) is 0 Å². The van der Waals surface area contributed by atoms with Gasteiger partial charge in [-0.25, -0.2) is 14.4 Å². The Labute approximate surface area is 179 Å². The Kier molecular flexibility index (Phi) is 4.79. The third-order valence-corrected chi connectivity index (χ3v) is 5.98. The number of hydrogen-bond donors (Lipinski definition) is 2. The highest BCUT2D eigenvalue weighted by atomic mass is 19.1. The van der Waals surface area contributed by atoms with E-state index in [-0.39, 0.29) is 11.6 Å². The van der Waals surface area contributed by atoms with Crippen LogP contribution in [0.5, 0.6) is 5.75 Å². The first-order chi connectivity index (χ1) is 15.0. The van der Waals surface area contributed by atoms with Gasteiger partial charge >= 0.3 is 0 Å². The molecule has 156 valence electrons. The largest absolute Gasteiger partial charge is 0.507 e. The number of benzene rings is 3. The molecule has 0 bridgehead atoms. The summed E-state index contributed by atoms with van der Waals surface area (Å²) < 4.78 is 14.1. The maximum Gasteiger partial charge on any atom is 0.165 e. The SMILES string of the molecule is Oc1ccccc1-c1nc(N2CCC(O)(c3ccccc3)CC2)c2cc(F)ccc2n1. The number of hydrogen-bond acceptors (Lipinski definition) is 5. The maximum absolute atomic E-state index is 14.1. The molecule has 1 aliphatic heterocycles. The molecule has 1 aliphatic rings. The zero-order valence-corrected chi connectivity index (χ0v) is 16.9. The molecule has 3 aromatic carbocycles. The van der Waals surface area contributed by atoms with Crippen molar-refractivity contribution in [1.29, 1.82) is 0 Å². The lowest BCUT2D eigenvalue weighted by Gasteiger charge is -2.39. The summed E-state index contributed by atoms with van der Waals surface area (Å²) in [7, 11) is 0. The fraction of sp³-hybridized carbons (Fsp3) is 0.200. The maximum atomic E-state index is 14.1. The molecule has 6 heteroatoms. The molecule has 0 amide bonds. The van der Waals surface area contributed by atoms with Crippen LogP contribution in [0.15, 0.2) is 72.8 Å². The lowest BCUT2D eigenvalue weighted by atomic mass is 9.84. The molecule has 2 heterocycles. The quantitative estimate of drug-likeness (QED) is 0.511. The second-order valence-corrected chi connectivity index (χ2v) is 7.93. The van der Waals surface area contributed by atoms with Gasteiger partial charge in [0.1, 0.15) is 17.4 Å². The summed E-state index contributed by atoms with van der Waals surface area (Å²) in [4.78, 5) is 11.3. The standard InChI is InChI=1S/C25H22FN3O2/c26-18-10-11-21-20(16-18)24(28-23(27-21)19-8-4-5-9-22(19)30)29-14-12-25(31,13-15-29)17-6-2-1-3-7-17/h1-11,16,30-31H,12-15H2. The van der Waals surface area contributed by atoms with Gasteiger partial charge in [-0.15, -0.1) is 0 Å². The second-order valence-electron chi connectivity index (χ2n) is 7.93. The molecule has 0 unspecified atom stereocenters. The Morgan fingerprint density at radius 3 is 2.32 bits per heavy atom. The normalized spacial score (nSPS) is 15.9. The number of piperidine rings is 1. The molecule has 5 rings (SSSR count). The fourth-order valence-corrected chi connectivity index (χ4v) is 4.23. The molecule has 1 fully saturated rings. The molecule has 0 aliphatic carbocycles. The smallest absolute Gasteiger partial charge is 0.165 e. The molecule has 5 nitrogen and oxygen atoms in total. The number of fused-ring (bicyclic) bond motifs is 1. The van der Waals surface area contributed by atoms with Crippen molar-refractivity contribution in [2.24, 2.45) is 0 Å². The second kappa shape index (κ2) is 7.63. The molecule has 0 saturated carbocycles. The summed E-state index contributed by atoms with van der Waals surface area (Å²) in [5.74, 6) is 0.728. The number of phenols is 1. The van der Waals surface area contributed by atoms with Gasteiger partial charge in [-0.3, -0.25) is 0 Å². The summed E-state index contributed by atoms with van der Waals surface area (Å²) >= 11 is 0. The van der Waals surface area contributed by atoms with Crippen molar-refractivity contribution < 1.29 is 14.6 Å². The monoisotopic (exact) mass is 415 g/mol. The highest BCUT2D eigenvalue weighted by Gasteiger charge is 2.35. The number of phenolic OH excluding ortho intramolecular Hbond substituents is 1. The van der Waals surface area contributed by atoms with E-state index in [0.29, 0.717) is 54.0 Å². The van der Waals surface area contributed by atoms with Gasteiger partial charge in [-0.2, -0.15) is 0 Å². The summed E-state index contributed by atoms with van der Waals surface area (Å²) in [6.07, 6.45) is 1.06. The average molecular weight is 415 g/mol. The van der Waals surface area contributed by atoms with E-state index in [4.69, 9.17) is 4.98 Å². The average Bonchev–Trinajstić information content (AvgIpc) is 2.80. The number of para-hydroxylation sites is 1. The summed E-state index contributed by atoms with van der Waals surface area (Å²) in [5, 5.41) is 22.1. The molecule has 2 N–H and O–H groups in total. The van der Waals surface area contributed by atoms with E-state index in [2.05, 4.69) is 9.88 Å². The first-order valence-electron chi connectivity index (χ1n) is 10.3. The van der Waals surface area contributed by atoms with Crippen molar-refractivity contribution in [3.63, 3.8) is 0 Å². The van der Waals surface area contributed by atoms with Crippen molar-refractivity contribution in [1.82, 2.24) is 9.97 Å². The Balaban J connectivity index is 1.55. The summed E-state index contributed by atoms with van der Waals surface area (Å²) in [6.45, 7) is 1.13. The van der Waals surface area contributed by atoms with Gasteiger partial charge in [0, 0.05) is 18.5 Å². The number of aromatic hydroxyl groups is 1. The molecule has 31 heavy (non-hydrogen) atoms. The number of nitrogens with zero attached hydrogens (tertiary/aromatic N) is 3. The molecule has 1 aromatic heterocycles. The van der Waals surface area contributed by atoms with Gasteiger partial charge in [-0.05, 0) is 48.7 Å². The van der Waals surface area contributed by atoms with Gasteiger partial charge < -0.3 is 15.1 Å². The highest BCUT2D eigenvalue weighted by molar-refractivity contribution is 5.91. The summed E-state index contributed by atoms with van der Waals surface area (Å²) in [6, 6.07) is 21.0. The third kappa shape index (κ3) is 3.59. The van der Waals surface area contributed by atoms with Crippen LogP contribution < -0.4 is 4.90 Å². The van der Waals surface area contributed by atoms with Crippen molar-refractivity contribution in [2.75, 3.05) is 18.0 Å². The third-order valence-electron chi connectivity index (χ3n) is 5.98. The van der Waals surface area contributed by atoms with E-state index in [0.717, 1.165) is 5.56 Å². The Hall–Kier alpha value is -3.51. The van der Waals surface area contributed by atoms with Crippen LogP contribution in [0.25, 0.3) is 22.3 Å². The van der Waals surface area contributed by atoms with Gasteiger partial charge in [0.15, 0.2) is 5.82 Å². The zero-order valence-electron chi connectivity index (χ0n) is 16.9. The van der Waals surface area contributed by atoms with E-state index in [9.17, 15) is 14.6 Å².